The molecule has 0 aliphatic carbocycles. The molecule has 3 rings (SSSR count). The molecule has 3 heterocycles. The van der Waals surface area contributed by atoms with E-state index < -0.39 is 25.7 Å². The minimum atomic E-state index is -1.34. The summed E-state index contributed by atoms with van der Waals surface area (Å²) < 4.78 is 35.1. The number of rotatable bonds is 13. The van der Waals surface area contributed by atoms with Gasteiger partial charge in [0, 0.05) is 46.0 Å². The minimum Gasteiger partial charge on any atom is -0.487 e. The molecule has 0 bridgehead atoms. The molecular formula is C25H34ClFN4O5Si. The van der Waals surface area contributed by atoms with Crippen LogP contribution in [0.15, 0.2) is 35.3 Å². The third-order valence-electron chi connectivity index (χ3n) is 5.40. The quantitative estimate of drug-likeness (QED) is 0.185. The lowest BCUT2D eigenvalue weighted by Crippen LogP contribution is -2.27. The second kappa shape index (κ2) is 12.2. The van der Waals surface area contributed by atoms with Crippen LogP contribution in [0, 0.1) is 5.82 Å². The Morgan fingerprint density at radius 3 is 2.73 bits per heavy atom. The fraction of sp³-hybridized carbons (Fsp3) is 0.480. The molecule has 0 saturated heterocycles. The fourth-order valence-corrected chi connectivity index (χ4v) is 4.36. The lowest BCUT2D eigenvalue weighted by molar-refractivity contribution is 0.0871. The Hall–Kier alpha value is -2.73. The molecule has 0 aromatic carbocycles. The van der Waals surface area contributed by atoms with Crippen LogP contribution in [0.25, 0.3) is 17.0 Å². The molecule has 0 saturated carbocycles. The zero-order chi connectivity index (χ0) is 27.3. The van der Waals surface area contributed by atoms with Crippen molar-refractivity contribution >= 4 is 30.8 Å². The number of aliphatic hydroxyl groups excluding tert-OH is 1. The van der Waals surface area contributed by atoms with Crippen molar-refractivity contribution in [2.75, 3.05) is 19.8 Å². The molecule has 0 amide bonds. The predicted octanol–water partition coefficient (Wildman–Crippen LogP) is 4.79. The highest BCUT2D eigenvalue weighted by Gasteiger charge is 2.25. The number of ether oxygens (including phenoxy) is 3. The number of aliphatic hydroxyl groups is 1. The summed E-state index contributed by atoms with van der Waals surface area (Å²) in [5, 5.41) is 9.13. The van der Waals surface area contributed by atoms with Gasteiger partial charge in [-0.2, -0.15) is 4.98 Å². The number of pyridine rings is 2. The van der Waals surface area contributed by atoms with Gasteiger partial charge in [-0.25, -0.2) is 18.7 Å². The number of imidazole rings is 1. The van der Waals surface area contributed by atoms with Crippen LogP contribution in [-0.2, 0) is 11.5 Å². The van der Waals surface area contributed by atoms with Gasteiger partial charge < -0.3 is 19.3 Å². The fourth-order valence-electron chi connectivity index (χ4n) is 3.42. The molecule has 0 aliphatic heterocycles. The molecule has 0 aliphatic rings. The van der Waals surface area contributed by atoms with Gasteiger partial charge in [0.15, 0.2) is 17.3 Å². The van der Waals surface area contributed by atoms with Gasteiger partial charge in [0.05, 0.1) is 6.10 Å². The zero-order valence-electron chi connectivity index (χ0n) is 21.9. The number of halogens is 2. The Balaban J connectivity index is 2.16. The van der Waals surface area contributed by atoms with Crippen molar-refractivity contribution in [1.82, 2.24) is 19.1 Å². The van der Waals surface area contributed by atoms with Crippen LogP contribution in [-0.4, -0.2) is 58.2 Å². The zero-order valence-corrected chi connectivity index (χ0v) is 23.6. The molecule has 0 fully saturated rings. The first-order valence-corrected chi connectivity index (χ1v) is 16.1. The van der Waals surface area contributed by atoms with E-state index in [0.29, 0.717) is 18.8 Å². The first-order valence-electron chi connectivity index (χ1n) is 12.0. The van der Waals surface area contributed by atoms with Crippen molar-refractivity contribution in [3.63, 3.8) is 0 Å². The summed E-state index contributed by atoms with van der Waals surface area (Å²) in [7, 11) is -1.34. The topological polar surface area (TPSA) is 101 Å². The van der Waals surface area contributed by atoms with Crippen molar-refractivity contribution in [1.29, 1.82) is 0 Å². The van der Waals surface area contributed by atoms with Gasteiger partial charge in [-0.15, -0.1) is 0 Å². The van der Waals surface area contributed by atoms with Gasteiger partial charge >= 0.3 is 5.69 Å². The summed E-state index contributed by atoms with van der Waals surface area (Å²) in [6.45, 7) is 14.6. The van der Waals surface area contributed by atoms with E-state index in [4.69, 9.17) is 25.8 Å². The van der Waals surface area contributed by atoms with Gasteiger partial charge in [-0.05, 0) is 25.5 Å². The smallest absolute Gasteiger partial charge is 0.338 e. The van der Waals surface area contributed by atoms with Gasteiger partial charge in [-0.1, -0.05) is 37.8 Å². The first kappa shape index (κ1) is 28.8. The maximum Gasteiger partial charge on any atom is 0.338 e. The summed E-state index contributed by atoms with van der Waals surface area (Å²) in [5.74, 6) is -0.910. The van der Waals surface area contributed by atoms with Crippen LogP contribution >= 0.6 is 11.6 Å². The molecule has 0 spiro atoms. The van der Waals surface area contributed by atoms with Crippen LogP contribution in [0.2, 0.25) is 30.7 Å². The highest BCUT2D eigenvalue weighted by Crippen LogP contribution is 2.31. The van der Waals surface area contributed by atoms with Crippen molar-refractivity contribution in [2.45, 2.75) is 58.8 Å². The number of fused-ring (bicyclic) bond motifs is 1. The average molecular weight is 553 g/mol. The maximum atomic E-state index is 15.3. The average Bonchev–Trinajstić information content (AvgIpc) is 3.08. The molecule has 202 valence electrons. The second-order valence-corrected chi connectivity index (χ2v) is 16.2. The number of hydrogen-bond acceptors (Lipinski definition) is 7. The Kier molecular flexibility index (Phi) is 9.51. The molecule has 1 atom stereocenters. The standard InChI is InChI=1S/C25H34ClFN4O5Si/c1-16(2)14-35-20-7-9-28-23-21(20)31(25(33)30(23)15-34-11-12-37(4,5)6)22-19(27)13-18(26)24(29-22)36-17(3)8-10-32/h7,9,13,17,32H,1,8,10-12,14-15H2,2-6H3/t17-/m1/s1. The van der Waals surface area contributed by atoms with Crippen LogP contribution in [0.4, 0.5) is 4.39 Å². The van der Waals surface area contributed by atoms with E-state index in [1.807, 2.05) is 0 Å². The Morgan fingerprint density at radius 2 is 2.08 bits per heavy atom. The molecular weight excluding hydrogens is 519 g/mol. The van der Waals surface area contributed by atoms with E-state index in [0.717, 1.165) is 22.3 Å². The second-order valence-electron chi connectivity index (χ2n) is 10.1. The van der Waals surface area contributed by atoms with E-state index in [9.17, 15) is 9.90 Å². The van der Waals surface area contributed by atoms with Crippen molar-refractivity contribution in [3.05, 3.63) is 51.8 Å². The van der Waals surface area contributed by atoms with Crippen LogP contribution in [0.1, 0.15) is 20.3 Å². The molecule has 9 nitrogen and oxygen atoms in total. The summed E-state index contributed by atoms with van der Waals surface area (Å²) in [6, 6.07) is 3.54. The van der Waals surface area contributed by atoms with E-state index in [2.05, 4.69) is 36.2 Å². The lowest BCUT2D eigenvalue weighted by Gasteiger charge is -2.15. The van der Waals surface area contributed by atoms with Gasteiger partial charge in [0.25, 0.3) is 0 Å². The Morgan fingerprint density at radius 1 is 1.35 bits per heavy atom. The molecule has 1 N–H and O–H groups in total. The third kappa shape index (κ3) is 7.19. The third-order valence-corrected chi connectivity index (χ3v) is 7.37. The first-order chi connectivity index (χ1) is 17.4. The number of aromatic nitrogens is 4. The Bertz CT molecular complexity index is 1320. The molecule has 12 heteroatoms. The Labute approximate surface area is 221 Å². The summed E-state index contributed by atoms with van der Waals surface area (Å²) in [5.41, 5.74) is 0.636. The molecule has 0 unspecified atom stereocenters. The van der Waals surface area contributed by atoms with Crippen LogP contribution < -0.4 is 15.2 Å². The monoisotopic (exact) mass is 552 g/mol. The summed E-state index contributed by atoms with van der Waals surface area (Å²) >= 11 is 6.19. The SMILES string of the molecule is C=C(C)COc1ccnc2c1n(-c1nc(O[C@H](C)CCO)c(Cl)cc1F)c(=O)n2COCC[Si](C)(C)C. The van der Waals surface area contributed by atoms with E-state index in [1.54, 1.807) is 19.9 Å². The highest BCUT2D eigenvalue weighted by atomic mass is 35.5. The number of hydrogen-bond donors (Lipinski definition) is 1. The van der Waals surface area contributed by atoms with Crippen molar-refractivity contribution in [2.24, 2.45) is 0 Å². The normalized spacial score (nSPS) is 12.6. The minimum absolute atomic E-state index is 0.0608. The molecule has 3 aromatic heterocycles. The van der Waals surface area contributed by atoms with Gasteiger partial charge in [0.2, 0.25) is 5.88 Å². The molecule has 0 radical (unpaired) electrons. The van der Waals surface area contributed by atoms with Crippen LogP contribution in [0.3, 0.4) is 0 Å². The molecule has 3 aromatic rings. The highest BCUT2D eigenvalue weighted by molar-refractivity contribution is 6.76. The predicted molar refractivity (Wildman–Crippen MR) is 144 cm³/mol. The molecule has 37 heavy (non-hydrogen) atoms. The maximum absolute atomic E-state index is 15.3. The number of nitrogens with zero attached hydrogens (tertiary/aromatic N) is 4. The lowest BCUT2D eigenvalue weighted by atomic mass is 10.3. The van der Waals surface area contributed by atoms with Gasteiger partial charge in [0.1, 0.15) is 29.6 Å². The van der Waals surface area contributed by atoms with E-state index >= 15 is 4.39 Å². The van der Waals surface area contributed by atoms with Crippen molar-refractivity contribution < 1.29 is 23.7 Å². The van der Waals surface area contributed by atoms with E-state index in [-0.39, 0.29) is 47.8 Å². The largest absolute Gasteiger partial charge is 0.487 e. The summed E-state index contributed by atoms with van der Waals surface area (Å²) in [4.78, 5) is 22.3. The van der Waals surface area contributed by atoms with Crippen LogP contribution in [0.5, 0.6) is 11.6 Å². The van der Waals surface area contributed by atoms with E-state index in [1.165, 1.54) is 10.8 Å². The summed E-state index contributed by atoms with van der Waals surface area (Å²) in [6.07, 6.45) is 1.39. The van der Waals surface area contributed by atoms with Gasteiger partial charge in [-0.3, -0.25) is 4.57 Å². The van der Waals surface area contributed by atoms with Crippen molar-refractivity contribution in [3.8, 4) is 17.4 Å².